The standard InChI is InChI=1S/C15H21NO5/c1-15(2,14(18)19)8-9-16-13(17)10-6-5-7-11(20-3)12(10)21-4/h5-7H,8-9H2,1-4H3,(H,16,17)(H,18,19). The van der Waals surface area contributed by atoms with E-state index in [0.717, 1.165) is 0 Å². The molecule has 0 aliphatic carbocycles. The molecule has 0 aromatic heterocycles. The van der Waals surface area contributed by atoms with E-state index < -0.39 is 11.4 Å². The van der Waals surface area contributed by atoms with E-state index in [2.05, 4.69) is 5.32 Å². The normalized spacial score (nSPS) is 10.9. The van der Waals surface area contributed by atoms with E-state index >= 15 is 0 Å². The van der Waals surface area contributed by atoms with Crippen LogP contribution in [-0.4, -0.2) is 37.7 Å². The number of carboxylic acids is 1. The van der Waals surface area contributed by atoms with Crippen LogP contribution >= 0.6 is 0 Å². The number of para-hydroxylation sites is 1. The van der Waals surface area contributed by atoms with Gasteiger partial charge in [0.1, 0.15) is 0 Å². The molecule has 0 aliphatic rings. The first-order chi connectivity index (χ1) is 9.83. The second kappa shape index (κ2) is 6.97. The Hall–Kier alpha value is -2.24. The first-order valence-electron chi connectivity index (χ1n) is 6.56. The van der Waals surface area contributed by atoms with Gasteiger partial charge < -0.3 is 19.9 Å². The predicted molar refractivity (Wildman–Crippen MR) is 77.9 cm³/mol. The molecular formula is C15H21NO5. The number of benzene rings is 1. The number of carboxylic acid groups (broad SMARTS) is 1. The van der Waals surface area contributed by atoms with Crippen molar-refractivity contribution in [2.75, 3.05) is 20.8 Å². The molecule has 0 heterocycles. The van der Waals surface area contributed by atoms with Crippen LogP contribution < -0.4 is 14.8 Å². The third-order valence-electron chi connectivity index (χ3n) is 3.26. The molecule has 116 valence electrons. The SMILES string of the molecule is COc1cccc(C(=O)NCCC(C)(C)C(=O)O)c1OC. The van der Waals surface area contributed by atoms with Crippen molar-refractivity contribution in [2.24, 2.45) is 5.41 Å². The fourth-order valence-electron chi connectivity index (χ4n) is 1.76. The van der Waals surface area contributed by atoms with Crippen LogP contribution in [0.25, 0.3) is 0 Å². The van der Waals surface area contributed by atoms with E-state index in [-0.39, 0.29) is 12.5 Å². The van der Waals surface area contributed by atoms with E-state index in [1.165, 1.54) is 14.2 Å². The Morgan fingerprint density at radius 3 is 2.43 bits per heavy atom. The van der Waals surface area contributed by atoms with Gasteiger partial charge in [0.2, 0.25) is 0 Å². The van der Waals surface area contributed by atoms with Crippen molar-refractivity contribution < 1.29 is 24.2 Å². The topological polar surface area (TPSA) is 84.9 Å². The quantitative estimate of drug-likeness (QED) is 0.803. The van der Waals surface area contributed by atoms with Gasteiger partial charge in [0.25, 0.3) is 5.91 Å². The van der Waals surface area contributed by atoms with Gasteiger partial charge in [-0.3, -0.25) is 9.59 Å². The molecule has 0 unspecified atom stereocenters. The second-order valence-corrected chi connectivity index (χ2v) is 5.24. The van der Waals surface area contributed by atoms with Crippen molar-refractivity contribution in [1.82, 2.24) is 5.32 Å². The van der Waals surface area contributed by atoms with Crippen LogP contribution in [0.1, 0.15) is 30.6 Å². The first-order valence-corrected chi connectivity index (χ1v) is 6.56. The van der Waals surface area contributed by atoms with E-state index in [4.69, 9.17) is 14.6 Å². The van der Waals surface area contributed by atoms with Crippen molar-refractivity contribution in [3.63, 3.8) is 0 Å². The third kappa shape index (κ3) is 4.11. The van der Waals surface area contributed by atoms with Crippen LogP contribution in [0.5, 0.6) is 11.5 Å². The number of carbonyl (C=O) groups excluding carboxylic acids is 1. The maximum atomic E-state index is 12.2. The van der Waals surface area contributed by atoms with E-state index in [9.17, 15) is 9.59 Å². The Kier molecular flexibility index (Phi) is 5.58. The number of hydrogen-bond acceptors (Lipinski definition) is 4. The number of ether oxygens (including phenoxy) is 2. The fourth-order valence-corrected chi connectivity index (χ4v) is 1.76. The van der Waals surface area contributed by atoms with Crippen LogP contribution in [0.3, 0.4) is 0 Å². The Balaban J connectivity index is 2.75. The highest BCUT2D eigenvalue weighted by Gasteiger charge is 2.27. The Morgan fingerprint density at radius 1 is 1.24 bits per heavy atom. The molecule has 1 aromatic rings. The van der Waals surface area contributed by atoms with Gasteiger partial charge in [-0.25, -0.2) is 0 Å². The summed E-state index contributed by atoms with van der Waals surface area (Å²) >= 11 is 0. The molecule has 0 radical (unpaired) electrons. The minimum atomic E-state index is -0.893. The van der Waals surface area contributed by atoms with Gasteiger partial charge >= 0.3 is 5.97 Å². The predicted octanol–water partition coefficient (Wildman–Crippen LogP) is 1.93. The highest BCUT2D eigenvalue weighted by molar-refractivity contribution is 5.97. The number of methoxy groups -OCH3 is 2. The van der Waals surface area contributed by atoms with Gasteiger partial charge in [-0.2, -0.15) is 0 Å². The van der Waals surface area contributed by atoms with Crippen LogP contribution in [0, 0.1) is 5.41 Å². The van der Waals surface area contributed by atoms with Crippen molar-refractivity contribution >= 4 is 11.9 Å². The average Bonchev–Trinajstić information content (AvgIpc) is 2.45. The molecule has 2 N–H and O–H groups in total. The summed E-state index contributed by atoms with van der Waals surface area (Å²) in [5, 5.41) is 11.7. The molecule has 0 atom stereocenters. The van der Waals surface area contributed by atoms with Crippen LogP contribution in [0.4, 0.5) is 0 Å². The summed E-state index contributed by atoms with van der Waals surface area (Å²) < 4.78 is 10.3. The van der Waals surface area contributed by atoms with Crippen molar-refractivity contribution in [1.29, 1.82) is 0 Å². The van der Waals surface area contributed by atoms with Crippen molar-refractivity contribution in [2.45, 2.75) is 20.3 Å². The number of carbonyl (C=O) groups is 2. The Labute approximate surface area is 124 Å². The van der Waals surface area contributed by atoms with Gasteiger partial charge in [0.05, 0.1) is 25.2 Å². The number of hydrogen-bond donors (Lipinski definition) is 2. The molecule has 1 amide bonds. The summed E-state index contributed by atoms with van der Waals surface area (Å²) in [7, 11) is 2.96. The summed E-state index contributed by atoms with van der Waals surface area (Å²) in [6, 6.07) is 5.01. The maximum absolute atomic E-state index is 12.2. The van der Waals surface area contributed by atoms with Crippen molar-refractivity contribution in [3.8, 4) is 11.5 Å². The molecule has 1 aromatic carbocycles. The van der Waals surface area contributed by atoms with E-state index in [1.54, 1.807) is 32.0 Å². The van der Waals surface area contributed by atoms with Crippen LogP contribution in [0.2, 0.25) is 0 Å². The van der Waals surface area contributed by atoms with E-state index in [1.807, 2.05) is 0 Å². The average molecular weight is 295 g/mol. The minimum absolute atomic E-state index is 0.262. The molecule has 0 fully saturated rings. The molecule has 6 nitrogen and oxygen atoms in total. The lowest BCUT2D eigenvalue weighted by Gasteiger charge is -2.19. The summed E-state index contributed by atoms with van der Waals surface area (Å²) in [5.74, 6) is -0.395. The maximum Gasteiger partial charge on any atom is 0.309 e. The summed E-state index contributed by atoms with van der Waals surface area (Å²) in [4.78, 5) is 23.2. The summed E-state index contributed by atoms with van der Waals surface area (Å²) in [6.07, 6.45) is 0.334. The van der Waals surface area contributed by atoms with Crippen molar-refractivity contribution in [3.05, 3.63) is 23.8 Å². The molecule has 0 spiro atoms. The minimum Gasteiger partial charge on any atom is -0.493 e. The molecule has 0 aliphatic heterocycles. The van der Waals surface area contributed by atoms with Crippen LogP contribution in [0.15, 0.2) is 18.2 Å². The zero-order chi connectivity index (χ0) is 16.0. The largest absolute Gasteiger partial charge is 0.493 e. The lowest BCUT2D eigenvalue weighted by Crippen LogP contribution is -2.32. The molecule has 6 heteroatoms. The van der Waals surface area contributed by atoms with Gasteiger partial charge in [-0.1, -0.05) is 6.07 Å². The van der Waals surface area contributed by atoms with Gasteiger partial charge in [-0.15, -0.1) is 0 Å². The number of rotatable bonds is 7. The van der Waals surface area contributed by atoms with Gasteiger partial charge in [-0.05, 0) is 32.4 Å². The zero-order valence-corrected chi connectivity index (χ0v) is 12.7. The van der Waals surface area contributed by atoms with Gasteiger partial charge in [0.15, 0.2) is 11.5 Å². The molecule has 1 rings (SSSR count). The molecule has 0 bridgehead atoms. The lowest BCUT2D eigenvalue weighted by atomic mass is 9.90. The molecular weight excluding hydrogens is 274 g/mol. The monoisotopic (exact) mass is 295 g/mol. The van der Waals surface area contributed by atoms with Crippen LogP contribution in [-0.2, 0) is 4.79 Å². The lowest BCUT2D eigenvalue weighted by molar-refractivity contribution is -0.147. The smallest absolute Gasteiger partial charge is 0.309 e. The highest BCUT2D eigenvalue weighted by atomic mass is 16.5. The summed E-state index contributed by atoms with van der Waals surface area (Å²) in [5.41, 5.74) is -0.531. The number of nitrogens with one attached hydrogen (secondary N) is 1. The second-order valence-electron chi connectivity index (χ2n) is 5.24. The summed E-state index contributed by atoms with van der Waals surface area (Å²) in [6.45, 7) is 3.50. The van der Waals surface area contributed by atoms with Gasteiger partial charge in [0, 0.05) is 6.54 Å². The molecule has 0 saturated carbocycles. The van der Waals surface area contributed by atoms with E-state index in [0.29, 0.717) is 23.5 Å². The Morgan fingerprint density at radius 2 is 1.90 bits per heavy atom. The molecule has 0 saturated heterocycles. The zero-order valence-electron chi connectivity index (χ0n) is 12.7. The number of aliphatic carboxylic acids is 1. The highest BCUT2D eigenvalue weighted by Crippen LogP contribution is 2.30. The number of amides is 1. The first kappa shape index (κ1) is 16.8. The fraction of sp³-hybridized carbons (Fsp3) is 0.467. The molecule has 21 heavy (non-hydrogen) atoms. The Bertz CT molecular complexity index is 525. The third-order valence-corrected chi connectivity index (χ3v) is 3.26.